The van der Waals surface area contributed by atoms with E-state index >= 15 is 0 Å². The summed E-state index contributed by atoms with van der Waals surface area (Å²) < 4.78 is 14.4. The van der Waals surface area contributed by atoms with E-state index in [1.165, 1.54) is 6.07 Å². The van der Waals surface area contributed by atoms with Crippen molar-refractivity contribution in [1.82, 2.24) is 0 Å². The topological polar surface area (TPSA) is 20.2 Å². The Morgan fingerprint density at radius 2 is 1.52 bits per heavy atom. The van der Waals surface area contributed by atoms with Crippen LogP contribution in [0, 0.1) is 12.7 Å². The second-order valence-electron chi connectivity index (χ2n) is 5.16. The molecular formula is C18H14BrFO. The molecule has 0 aromatic heterocycles. The number of halogens is 2. The van der Waals surface area contributed by atoms with Crippen molar-refractivity contribution in [2.24, 2.45) is 0 Å². The number of fused-ring (bicyclic) bond motifs is 1. The van der Waals surface area contributed by atoms with E-state index in [0.29, 0.717) is 11.1 Å². The Hall–Kier alpha value is -1.71. The number of aryl methyl sites for hydroxylation is 1. The van der Waals surface area contributed by atoms with Crippen molar-refractivity contribution >= 4 is 26.7 Å². The lowest BCUT2D eigenvalue weighted by molar-refractivity contribution is 0.220. The van der Waals surface area contributed by atoms with Crippen LogP contribution in [0.25, 0.3) is 10.8 Å². The summed E-state index contributed by atoms with van der Waals surface area (Å²) in [5.41, 5.74) is 2.04. The van der Waals surface area contributed by atoms with Gasteiger partial charge in [-0.15, -0.1) is 0 Å². The quantitative estimate of drug-likeness (QED) is 0.683. The van der Waals surface area contributed by atoms with Gasteiger partial charge in [0.1, 0.15) is 11.9 Å². The molecule has 0 heterocycles. The highest BCUT2D eigenvalue weighted by atomic mass is 79.9. The van der Waals surface area contributed by atoms with Gasteiger partial charge in [-0.05, 0) is 58.7 Å². The molecule has 21 heavy (non-hydrogen) atoms. The molecule has 0 radical (unpaired) electrons. The summed E-state index contributed by atoms with van der Waals surface area (Å²) in [7, 11) is 0. The monoisotopic (exact) mass is 344 g/mol. The third-order valence-corrected chi connectivity index (χ3v) is 4.13. The fourth-order valence-electron chi connectivity index (χ4n) is 2.44. The molecule has 3 aromatic rings. The van der Waals surface area contributed by atoms with Crippen LogP contribution in [0.4, 0.5) is 4.39 Å². The lowest BCUT2D eigenvalue weighted by atomic mass is 9.97. The molecular weight excluding hydrogens is 331 g/mol. The molecule has 0 saturated carbocycles. The van der Waals surface area contributed by atoms with E-state index in [-0.39, 0.29) is 5.82 Å². The average Bonchev–Trinajstić information content (AvgIpc) is 2.49. The van der Waals surface area contributed by atoms with E-state index < -0.39 is 6.10 Å². The van der Waals surface area contributed by atoms with Crippen molar-refractivity contribution in [1.29, 1.82) is 0 Å². The average molecular weight is 345 g/mol. The molecule has 106 valence electrons. The van der Waals surface area contributed by atoms with Crippen LogP contribution in [0.5, 0.6) is 0 Å². The first-order valence-electron chi connectivity index (χ1n) is 6.68. The Kier molecular flexibility index (Phi) is 3.79. The maximum atomic E-state index is 13.3. The molecule has 1 nitrogen and oxygen atoms in total. The van der Waals surface area contributed by atoms with Crippen LogP contribution in [-0.2, 0) is 0 Å². The summed E-state index contributed by atoms with van der Waals surface area (Å²) in [4.78, 5) is 0. The molecule has 0 bridgehead atoms. The van der Waals surface area contributed by atoms with Crippen LogP contribution in [0.1, 0.15) is 22.8 Å². The Morgan fingerprint density at radius 1 is 0.905 bits per heavy atom. The van der Waals surface area contributed by atoms with Gasteiger partial charge < -0.3 is 5.11 Å². The molecule has 1 N–H and O–H groups in total. The third-order valence-electron chi connectivity index (χ3n) is 3.64. The first kappa shape index (κ1) is 14.2. The maximum absolute atomic E-state index is 13.3. The van der Waals surface area contributed by atoms with Crippen LogP contribution in [0.2, 0.25) is 0 Å². The van der Waals surface area contributed by atoms with E-state index in [1.807, 2.05) is 36.4 Å². The van der Waals surface area contributed by atoms with Gasteiger partial charge in [0.15, 0.2) is 0 Å². The Bertz CT molecular complexity index is 813. The van der Waals surface area contributed by atoms with Gasteiger partial charge in [0, 0.05) is 4.47 Å². The van der Waals surface area contributed by atoms with Crippen LogP contribution < -0.4 is 0 Å². The largest absolute Gasteiger partial charge is 0.384 e. The molecule has 0 saturated heterocycles. The minimum atomic E-state index is -0.752. The standard InChI is InChI=1S/C18H14BrFO/c1-11-8-14(5-7-17(11)20)18(21)15-3-2-13-10-16(19)6-4-12(13)9-15/h2-10,18,21H,1H3. The molecule has 3 heteroatoms. The third kappa shape index (κ3) is 2.85. The van der Waals surface area contributed by atoms with E-state index in [1.54, 1.807) is 19.1 Å². The number of aliphatic hydroxyl groups excluding tert-OH is 1. The number of hydrogen-bond donors (Lipinski definition) is 1. The molecule has 0 spiro atoms. The number of benzene rings is 3. The van der Waals surface area contributed by atoms with Crippen molar-refractivity contribution in [2.75, 3.05) is 0 Å². The van der Waals surface area contributed by atoms with Crippen molar-refractivity contribution in [3.8, 4) is 0 Å². The van der Waals surface area contributed by atoms with Crippen LogP contribution in [-0.4, -0.2) is 5.11 Å². The second-order valence-corrected chi connectivity index (χ2v) is 6.08. The number of rotatable bonds is 2. The number of aliphatic hydroxyl groups is 1. The van der Waals surface area contributed by atoms with Gasteiger partial charge in [0.25, 0.3) is 0 Å². The summed E-state index contributed by atoms with van der Waals surface area (Å²) in [5.74, 6) is -0.255. The molecule has 1 atom stereocenters. The predicted molar refractivity (Wildman–Crippen MR) is 86.8 cm³/mol. The van der Waals surface area contributed by atoms with Crippen LogP contribution in [0.15, 0.2) is 59.1 Å². The van der Waals surface area contributed by atoms with Gasteiger partial charge in [-0.25, -0.2) is 4.39 Å². The zero-order valence-electron chi connectivity index (χ0n) is 11.5. The smallest absolute Gasteiger partial charge is 0.126 e. The van der Waals surface area contributed by atoms with E-state index in [2.05, 4.69) is 15.9 Å². The molecule has 0 fully saturated rings. The van der Waals surface area contributed by atoms with Gasteiger partial charge in [-0.3, -0.25) is 0 Å². The Morgan fingerprint density at radius 3 is 2.29 bits per heavy atom. The first-order chi connectivity index (χ1) is 10.0. The van der Waals surface area contributed by atoms with E-state index in [0.717, 1.165) is 20.8 Å². The van der Waals surface area contributed by atoms with Gasteiger partial charge in [-0.1, -0.05) is 46.3 Å². The minimum absolute atomic E-state index is 0.255. The summed E-state index contributed by atoms with van der Waals surface area (Å²) in [6.45, 7) is 1.70. The minimum Gasteiger partial charge on any atom is -0.384 e. The predicted octanol–water partition coefficient (Wildman–Crippen LogP) is 5.13. The molecule has 0 aliphatic rings. The fraction of sp³-hybridized carbons (Fsp3) is 0.111. The summed E-state index contributed by atoms with van der Waals surface area (Å²) in [6.07, 6.45) is -0.752. The lowest BCUT2D eigenvalue weighted by Gasteiger charge is -2.13. The van der Waals surface area contributed by atoms with E-state index in [9.17, 15) is 9.50 Å². The van der Waals surface area contributed by atoms with Crippen LogP contribution in [0.3, 0.4) is 0 Å². The summed E-state index contributed by atoms with van der Waals surface area (Å²) in [6, 6.07) is 16.6. The molecule has 3 aromatic carbocycles. The Balaban J connectivity index is 2.02. The van der Waals surface area contributed by atoms with Crippen molar-refractivity contribution in [3.63, 3.8) is 0 Å². The highest BCUT2D eigenvalue weighted by molar-refractivity contribution is 9.10. The maximum Gasteiger partial charge on any atom is 0.126 e. The van der Waals surface area contributed by atoms with Gasteiger partial charge in [0.2, 0.25) is 0 Å². The second kappa shape index (κ2) is 5.58. The highest BCUT2D eigenvalue weighted by Gasteiger charge is 2.12. The van der Waals surface area contributed by atoms with Gasteiger partial charge >= 0.3 is 0 Å². The number of hydrogen-bond acceptors (Lipinski definition) is 1. The molecule has 1 unspecified atom stereocenters. The van der Waals surface area contributed by atoms with Gasteiger partial charge in [0.05, 0.1) is 0 Å². The van der Waals surface area contributed by atoms with E-state index in [4.69, 9.17) is 0 Å². The highest BCUT2D eigenvalue weighted by Crippen LogP contribution is 2.27. The van der Waals surface area contributed by atoms with Crippen molar-refractivity contribution in [3.05, 3.63) is 81.6 Å². The molecule has 3 rings (SSSR count). The van der Waals surface area contributed by atoms with Crippen LogP contribution >= 0.6 is 15.9 Å². The van der Waals surface area contributed by atoms with Crippen molar-refractivity contribution in [2.45, 2.75) is 13.0 Å². The first-order valence-corrected chi connectivity index (χ1v) is 7.47. The zero-order chi connectivity index (χ0) is 15.0. The normalized spacial score (nSPS) is 12.6. The summed E-state index contributed by atoms with van der Waals surface area (Å²) in [5, 5.41) is 12.7. The Labute approximate surface area is 131 Å². The fourth-order valence-corrected chi connectivity index (χ4v) is 2.81. The van der Waals surface area contributed by atoms with Crippen molar-refractivity contribution < 1.29 is 9.50 Å². The molecule has 0 aliphatic carbocycles. The molecule has 0 aliphatic heterocycles. The van der Waals surface area contributed by atoms with Gasteiger partial charge in [-0.2, -0.15) is 0 Å². The lowest BCUT2D eigenvalue weighted by Crippen LogP contribution is -2.00. The summed E-state index contributed by atoms with van der Waals surface area (Å²) >= 11 is 3.45. The molecule has 0 amide bonds. The SMILES string of the molecule is Cc1cc(C(O)c2ccc3cc(Br)ccc3c2)ccc1F. The zero-order valence-corrected chi connectivity index (χ0v) is 13.1.